The number of halogens is 1. The lowest BCUT2D eigenvalue weighted by Crippen LogP contribution is -2.27. The number of carbonyl (C=O) groups is 1. The Balaban J connectivity index is 2.67. The molecule has 0 aliphatic carbocycles. The summed E-state index contributed by atoms with van der Waals surface area (Å²) < 4.78 is 5.09. The van der Waals surface area contributed by atoms with Crippen LogP contribution in [0.15, 0.2) is 12.1 Å². The summed E-state index contributed by atoms with van der Waals surface area (Å²) in [5.74, 6) is 0.427. The van der Waals surface area contributed by atoms with Gasteiger partial charge in [0.25, 0.3) is 0 Å². The third-order valence-corrected chi connectivity index (χ3v) is 2.05. The molecule has 1 N–H and O–H groups in total. The molecule has 0 aliphatic heterocycles. The average Bonchev–Trinajstić information content (AvgIpc) is 2.08. The third kappa shape index (κ3) is 4.06. The average molecular weight is 243 g/mol. The van der Waals surface area contributed by atoms with Crippen molar-refractivity contribution in [2.45, 2.75) is 33.3 Å². The van der Waals surface area contributed by atoms with Crippen LogP contribution < -0.4 is 5.32 Å². The van der Waals surface area contributed by atoms with Crippen molar-refractivity contribution in [3.63, 3.8) is 0 Å². The largest absolute Gasteiger partial charge is 0.444 e. The third-order valence-electron chi connectivity index (χ3n) is 1.65. The zero-order valence-electron chi connectivity index (χ0n) is 9.80. The van der Waals surface area contributed by atoms with Gasteiger partial charge in [0, 0.05) is 0 Å². The van der Waals surface area contributed by atoms with Crippen molar-refractivity contribution in [3.8, 4) is 0 Å². The molecule has 0 saturated carbocycles. The molecule has 0 aliphatic rings. The van der Waals surface area contributed by atoms with Gasteiger partial charge in [-0.3, -0.25) is 5.32 Å². The first-order valence-corrected chi connectivity index (χ1v) is 5.29. The first kappa shape index (κ1) is 12.8. The molecule has 0 fully saturated rings. The lowest BCUT2D eigenvalue weighted by Gasteiger charge is -2.19. The standard InChI is InChI=1S/C11H15ClN2O2/c1-7-8(12)5-6-9(13-7)14-10(15)16-11(2,3)4/h5-6H,1-4H3,(H,13,14,15). The minimum Gasteiger partial charge on any atom is -0.444 e. The summed E-state index contributed by atoms with van der Waals surface area (Å²) in [7, 11) is 0. The Bertz CT molecular complexity index is 399. The molecule has 4 nitrogen and oxygen atoms in total. The van der Waals surface area contributed by atoms with Crippen molar-refractivity contribution in [3.05, 3.63) is 22.8 Å². The van der Waals surface area contributed by atoms with Crippen LogP contribution in [0.25, 0.3) is 0 Å². The van der Waals surface area contributed by atoms with Crippen LogP contribution in [0.2, 0.25) is 5.02 Å². The summed E-state index contributed by atoms with van der Waals surface area (Å²) in [4.78, 5) is 15.5. The highest BCUT2D eigenvalue weighted by molar-refractivity contribution is 6.31. The monoisotopic (exact) mass is 242 g/mol. The van der Waals surface area contributed by atoms with E-state index in [-0.39, 0.29) is 0 Å². The maximum atomic E-state index is 11.4. The van der Waals surface area contributed by atoms with E-state index in [9.17, 15) is 4.79 Å². The smallest absolute Gasteiger partial charge is 0.413 e. The Kier molecular flexibility index (Phi) is 3.75. The van der Waals surface area contributed by atoms with Gasteiger partial charge in [0.15, 0.2) is 0 Å². The molecule has 0 bridgehead atoms. The minimum absolute atomic E-state index is 0.427. The van der Waals surface area contributed by atoms with Crippen molar-refractivity contribution in [2.24, 2.45) is 0 Å². The topological polar surface area (TPSA) is 51.2 Å². The first-order chi connectivity index (χ1) is 7.28. The molecule has 1 heterocycles. The molecule has 1 amide bonds. The second-order valence-corrected chi connectivity index (χ2v) is 4.80. The number of ether oxygens (including phenoxy) is 1. The molecule has 0 saturated heterocycles. The van der Waals surface area contributed by atoms with Crippen LogP contribution in [0.4, 0.5) is 10.6 Å². The summed E-state index contributed by atoms with van der Waals surface area (Å²) in [6.07, 6.45) is -0.526. The van der Waals surface area contributed by atoms with E-state index in [1.54, 1.807) is 39.8 Å². The fourth-order valence-corrected chi connectivity index (χ4v) is 1.13. The van der Waals surface area contributed by atoms with Crippen LogP contribution >= 0.6 is 11.6 Å². The molecule has 5 heteroatoms. The maximum Gasteiger partial charge on any atom is 0.413 e. The fourth-order valence-electron chi connectivity index (χ4n) is 1.02. The second-order valence-electron chi connectivity index (χ2n) is 4.39. The molecular formula is C11H15ClN2O2. The number of aryl methyl sites for hydroxylation is 1. The van der Waals surface area contributed by atoms with Gasteiger partial charge in [-0.05, 0) is 39.8 Å². The number of pyridine rings is 1. The number of amides is 1. The molecule has 16 heavy (non-hydrogen) atoms. The number of anilines is 1. The lowest BCUT2D eigenvalue weighted by molar-refractivity contribution is 0.0635. The van der Waals surface area contributed by atoms with E-state index in [1.165, 1.54) is 0 Å². The highest BCUT2D eigenvalue weighted by Crippen LogP contribution is 2.16. The van der Waals surface area contributed by atoms with E-state index in [0.29, 0.717) is 16.5 Å². The Labute approximate surface area is 100.0 Å². The normalized spacial score (nSPS) is 11.1. The Morgan fingerprint density at radius 3 is 2.56 bits per heavy atom. The number of rotatable bonds is 1. The van der Waals surface area contributed by atoms with Crippen LogP contribution in [0.5, 0.6) is 0 Å². The van der Waals surface area contributed by atoms with E-state index in [0.717, 1.165) is 0 Å². The van der Waals surface area contributed by atoms with E-state index in [2.05, 4.69) is 10.3 Å². The molecule has 1 aromatic rings. The van der Waals surface area contributed by atoms with Gasteiger partial charge in [0.2, 0.25) is 0 Å². The van der Waals surface area contributed by atoms with Crippen molar-refractivity contribution in [1.29, 1.82) is 0 Å². The molecular weight excluding hydrogens is 228 g/mol. The predicted octanol–water partition coefficient (Wildman–Crippen LogP) is 3.39. The zero-order chi connectivity index (χ0) is 12.3. The van der Waals surface area contributed by atoms with E-state index in [1.807, 2.05) is 0 Å². The fraction of sp³-hybridized carbons (Fsp3) is 0.455. The van der Waals surface area contributed by atoms with Crippen LogP contribution in [-0.2, 0) is 4.74 Å². The first-order valence-electron chi connectivity index (χ1n) is 4.91. The van der Waals surface area contributed by atoms with Gasteiger partial charge < -0.3 is 4.74 Å². The number of nitrogens with zero attached hydrogens (tertiary/aromatic N) is 1. The van der Waals surface area contributed by atoms with Crippen LogP contribution in [-0.4, -0.2) is 16.7 Å². The Morgan fingerprint density at radius 1 is 1.44 bits per heavy atom. The molecule has 0 aromatic carbocycles. The Morgan fingerprint density at radius 2 is 2.06 bits per heavy atom. The Hall–Kier alpha value is -1.29. The maximum absolute atomic E-state index is 11.4. The summed E-state index contributed by atoms with van der Waals surface area (Å²) in [5, 5.41) is 3.10. The van der Waals surface area contributed by atoms with Crippen molar-refractivity contribution in [2.75, 3.05) is 5.32 Å². The van der Waals surface area contributed by atoms with E-state index >= 15 is 0 Å². The van der Waals surface area contributed by atoms with Gasteiger partial charge >= 0.3 is 6.09 Å². The van der Waals surface area contributed by atoms with Gasteiger partial charge in [-0.15, -0.1) is 0 Å². The quantitative estimate of drug-likeness (QED) is 0.821. The summed E-state index contributed by atoms with van der Waals surface area (Å²) >= 11 is 5.82. The van der Waals surface area contributed by atoms with Crippen molar-refractivity contribution >= 4 is 23.5 Å². The highest BCUT2D eigenvalue weighted by Gasteiger charge is 2.16. The minimum atomic E-state index is -0.526. The van der Waals surface area contributed by atoms with Crippen LogP contribution in [0.3, 0.4) is 0 Å². The zero-order valence-corrected chi connectivity index (χ0v) is 10.6. The molecule has 0 radical (unpaired) electrons. The molecule has 0 atom stereocenters. The van der Waals surface area contributed by atoms with Crippen LogP contribution in [0.1, 0.15) is 26.5 Å². The SMILES string of the molecule is Cc1nc(NC(=O)OC(C)(C)C)ccc1Cl. The number of carbonyl (C=O) groups excluding carboxylic acids is 1. The number of aromatic nitrogens is 1. The van der Waals surface area contributed by atoms with E-state index in [4.69, 9.17) is 16.3 Å². The van der Waals surface area contributed by atoms with Gasteiger partial charge in [-0.25, -0.2) is 9.78 Å². The molecule has 1 rings (SSSR count). The molecule has 0 spiro atoms. The van der Waals surface area contributed by atoms with Crippen molar-refractivity contribution in [1.82, 2.24) is 4.98 Å². The number of hydrogen-bond donors (Lipinski definition) is 1. The van der Waals surface area contributed by atoms with Gasteiger partial charge in [-0.2, -0.15) is 0 Å². The van der Waals surface area contributed by atoms with Gasteiger partial charge in [-0.1, -0.05) is 11.6 Å². The molecule has 88 valence electrons. The number of hydrogen-bond acceptors (Lipinski definition) is 3. The number of nitrogens with one attached hydrogen (secondary N) is 1. The summed E-state index contributed by atoms with van der Waals surface area (Å²) in [5.41, 5.74) is 0.140. The summed E-state index contributed by atoms with van der Waals surface area (Å²) in [6.45, 7) is 7.16. The van der Waals surface area contributed by atoms with Gasteiger partial charge in [0.1, 0.15) is 11.4 Å². The van der Waals surface area contributed by atoms with Gasteiger partial charge in [0.05, 0.1) is 10.7 Å². The summed E-state index contributed by atoms with van der Waals surface area (Å²) in [6, 6.07) is 3.30. The lowest BCUT2D eigenvalue weighted by atomic mass is 10.2. The van der Waals surface area contributed by atoms with Crippen molar-refractivity contribution < 1.29 is 9.53 Å². The van der Waals surface area contributed by atoms with Crippen LogP contribution in [0, 0.1) is 6.92 Å². The van der Waals surface area contributed by atoms with E-state index < -0.39 is 11.7 Å². The highest BCUT2D eigenvalue weighted by atomic mass is 35.5. The predicted molar refractivity (Wildman–Crippen MR) is 63.8 cm³/mol. The second kappa shape index (κ2) is 4.70. The molecule has 1 aromatic heterocycles. The molecule has 0 unspecified atom stereocenters.